The Kier molecular flexibility index (Phi) is 4.08. The van der Waals surface area contributed by atoms with Crippen LogP contribution in [0.5, 0.6) is 0 Å². The average Bonchev–Trinajstić information content (AvgIpc) is 2.20. The summed E-state index contributed by atoms with van der Waals surface area (Å²) in [7, 11) is -2.65. The normalized spacial score (nSPS) is 10.9. The van der Waals surface area contributed by atoms with E-state index in [2.05, 4.69) is 14.4 Å². The summed E-state index contributed by atoms with van der Waals surface area (Å²) >= 11 is 5.53. The van der Waals surface area contributed by atoms with E-state index < -0.39 is 21.7 Å². The zero-order chi connectivity index (χ0) is 12.2. The van der Waals surface area contributed by atoms with Crippen LogP contribution in [0.4, 0.5) is 5.69 Å². The van der Waals surface area contributed by atoms with Crippen LogP contribution < -0.4 is 4.72 Å². The SMILES string of the molecule is COC(=O)CS(=O)(=O)Nc1ccc(Cl)nc1. The zero-order valence-corrected chi connectivity index (χ0v) is 9.88. The van der Waals surface area contributed by atoms with Crippen LogP contribution in [-0.4, -0.2) is 32.2 Å². The van der Waals surface area contributed by atoms with Gasteiger partial charge in [-0.15, -0.1) is 0 Å². The Morgan fingerprint density at radius 2 is 2.25 bits per heavy atom. The third-order valence-electron chi connectivity index (χ3n) is 1.54. The molecule has 0 aliphatic carbocycles. The number of aromatic nitrogens is 1. The lowest BCUT2D eigenvalue weighted by Crippen LogP contribution is -2.23. The number of hydrogen-bond donors (Lipinski definition) is 1. The molecule has 0 saturated heterocycles. The van der Waals surface area contributed by atoms with Gasteiger partial charge >= 0.3 is 5.97 Å². The minimum absolute atomic E-state index is 0.230. The molecule has 1 N–H and O–H groups in total. The van der Waals surface area contributed by atoms with Crippen LogP contribution in [0.25, 0.3) is 0 Å². The standard InChI is InChI=1S/C8H9ClN2O4S/c1-15-8(12)5-16(13,14)11-6-2-3-7(9)10-4-6/h2-4,11H,5H2,1H3. The molecule has 0 amide bonds. The average molecular weight is 265 g/mol. The number of nitrogens with one attached hydrogen (secondary N) is 1. The number of rotatable bonds is 4. The van der Waals surface area contributed by atoms with Gasteiger partial charge in [0.15, 0.2) is 5.75 Å². The van der Waals surface area contributed by atoms with Gasteiger partial charge in [-0.3, -0.25) is 9.52 Å². The molecule has 0 spiro atoms. The van der Waals surface area contributed by atoms with Crippen molar-refractivity contribution in [2.45, 2.75) is 0 Å². The van der Waals surface area contributed by atoms with Gasteiger partial charge in [0.2, 0.25) is 10.0 Å². The molecule has 0 fully saturated rings. The van der Waals surface area contributed by atoms with Gasteiger partial charge in [0, 0.05) is 0 Å². The molecule has 1 aromatic heterocycles. The van der Waals surface area contributed by atoms with E-state index in [0.717, 1.165) is 7.11 Å². The maximum Gasteiger partial charge on any atom is 0.322 e. The highest BCUT2D eigenvalue weighted by Gasteiger charge is 2.16. The van der Waals surface area contributed by atoms with E-state index in [1.54, 1.807) is 0 Å². The van der Waals surface area contributed by atoms with Crippen molar-refractivity contribution in [3.05, 3.63) is 23.5 Å². The predicted octanol–water partition coefficient (Wildman–Crippen LogP) is 0.650. The van der Waals surface area contributed by atoms with Crippen molar-refractivity contribution in [1.82, 2.24) is 4.98 Å². The summed E-state index contributed by atoms with van der Waals surface area (Å²) in [5.74, 6) is -1.58. The Balaban J connectivity index is 2.73. The fraction of sp³-hybridized carbons (Fsp3) is 0.250. The van der Waals surface area contributed by atoms with E-state index >= 15 is 0 Å². The molecule has 0 radical (unpaired) electrons. The molecular formula is C8H9ClN2O4S. The molecule has 0 aliphatic heterocycles. The van der Waals surface area contributed by atoms with Crippen LogP contribution in [-0.2, 0) is 19.6 Å². The van der Waals surface area contributed by atoms with Crippen LogP contribution in [0.2, 0.25) is 5.15 Å². The summed E-state index contributed by atoms with van der Waals surface area (Å²) in [5, 5.41) is 0.246. The number of carbonyl (C=O) groups is 1. The number of pyridine rings is 1. The first-order valence-electron chi connectivity index (χ1n) is 4.12. The minimum atomic E-state index is -3.77. The summed E-state index contributed by atoms with van der Waals surface area (Å²) in [4.78, 5) is 14.5. The van der Waals surface area contributed by atoms with Crippen LogP contribution in [0.3, 0.4) is 0 Å². The van der Waals surface area contributed by atoms with Gasteiger partial charge in [0.05, 0.1) is 19.0 Å². The van der Waals surface area contributed by atoms with Crippen molar-refractivity contribution < 1.29 is 17.9 Å². The van der Waals surface area contributed by atoms with Gasteiger partial charge < -0.3 is 4.74 Å². The fourth-order valence-corrected chi connectivity index (χ4v) is 1.96. The monoisotopic (exact) mass is 264 g/mol. The van der Waals surface area contributed by atoms with E-state index in [1.807, 2.05) is 0 Å². The first-order valence-corrected chi connectivity index (χ1v) is 6.15. The van der Waals surface area contributed by atoms with Crippen LogP contribution in [0, 0.1) is 0 Å². The molecule has 1 rings (SSSR count). The second-order valence-corrected chi connectivity index (χ2v) is 4.92. The van der Waals surface area contributed by atoms with Crippen LogP contribution in [0.15, 0.2) is 18.3 Å². The molecule has 1 heterocycles. The minimum Gasteiger partial charge on any atom is -0.468 e. The summed E-state index contributed by atoms with van der Waals surface area (Å²) in [6.07, 6.45) is 1.25. The summed E-state index contributed by atoms with van der Waals surface area (Å²) in [6, 6.07) is 2.86. The highest BCUT2D eigenvalue weighted by molar-refractivity contribution is 7.93. The largest absolute Gasteiger partial charge is 0.468 e. The maximum atomic E-state index is 11.4. The number of carbonyl (C=O) groups excluding carboxylic acids is 1. The Hall–Kier alpha value is -1.34. The topological polar surface area (TPSA) is 85.4 Å². The highest BCUT2D eigenvalue weighted by Crippen LogP contribution is 2.11. The zero-order valence-electron chi connectivity index (χ0n) is 8.31. The summed E-state index contributed by atoms with van der Waals surface area (Å²) < 4.78 is 29.2. The summed E-state index contributed by atoms with van der Waals surface area (Å²) in [5.41, 5.74) is 0.230. The van der Waals surface area contributed by atoms with E-state index in [4.69, 9.17) is 11.6 Å². The van der Waals surface area contributed by atoms with Crippen LogP contribution in [0.1, 0.15) is 0 Å². The lowest BCUT2D eigenvalue weighted by Gasteiger charge is -2.06. The number of nitrogens with zero attached hydrogens (tertiary/aromatic N) is 1. The third kappa shape index (κ3) is 4.03. The first kappa shape index (κ1) is 12.7. The molecule has 88 valence electrons. The lowest BCUT2D eigenvalue weighted by molar-refractivity contribution is -0.137. The van der Waals surface area contributed by atoms with Crippen LogP contribution >= 0.6 is 11.6 Å². The molecule has 0 unspecified atom stereocenters. The Bertz CT molecular complexity index is 471. The molecule has 0 saturated carbocycles. The third-order valence-corrected chi connectivity index (χ3v) is 2.92. The molecule has 16 heavy (non-hydrogen) atoms. The fourth-order valence-electron chi connectivity index (χ4n) is 0.866. The molecular weight excluding hydrogens is 256 g/mol. The van der Waals surface area contributed by atoms with Gasteiger partial charge in [0.25, 0.3) is 0 Å². The van der Waals surface area contributed by atoms with Crippen molar-refractivity contribution in [2.24, 2.45) is 0 Å². The van der Waals surface area contributed by atoms with E-state index in [0.29, 0.717) is 0 Å². The van der Waals surface area contributed by atoms with Gasteiger partial charge in [-0.2, -0.15) is 0 Å². The Morgan fingerprint density at radius 3 is 2.75 bits per heavy atom. The van der Waals surface area contributed by atoms with Gasteiger partial charge in [-0.25, -0.2) is 13.4 Å². The van der Waals surface area contributed by atoms with Gasteiger partial charge in [0.1, 0.15) is 5.15 Å². The van der Waals surface area contributed by atoms with E-state index in [-0.39, 0.29) is 10.8 Å². The van der Waals surface area contributed by atoms with Crippen molar-refractivity contribution in [3.8, 4) is 0 Å². The molecule has 0 aromatic carbocycles. The predicted molar refractivity (Wildman–Crippen MR) is 58.7 cm³/mol. The first-order chi connectivity index (χ1) is 7.43. The van der Waals surface area contributed by atoms with Gasteiger partial charge in [-0.05, 0) is 12.1 Å². The Labute approximate surface area is 97.6 Å². The van der Waals surface area contributed by atoms with E-state index in [9.17, 15) is 13.2 Å². The number of halogens is 1. The number of ether oxygens (including phenoxy) is 1. The summed E-state index contributed by atoms with van der Waals surface area (Å²) in [6.45, 7) is 0. The maximum absolute atomic E-state index is 11.4. The van der Waals surface area contributed by atoms with Crippen molar-refractivity contribution in [2.75, 3.05) is 17.6 Å². The molecule has 1 aromatic rings. The number of methoxy groups -OCH3 is 1. The van der Waals surface area contributed by atoms with Crippen molar-refractivity contribution in [3.63, 3.8) is 0 Å². The second kappa shape index (κ2) is 5.13. The second-order valence-electron chi connectivity index (χ2n) is 2.81. The molecule has 0 bridgehead atoms. The molecule has 6 nitrogen and oxygen atoms in total. The number of hydrogen-bond acceptors (Lipinski definition) is 5. The number of sulfonamides is 1. The van der Waals surface area contributed by atoms with Crippen molar-refractivity contribution >= 4 is 33.3 Å². The van der Waals surface area contributed by atoms with Crippen molar-refractivity contribution in [1.29, 1.82) is 0 Å². The molecule has 8 heteroatoms. The van der Waals surface area contributed by atoms with E-state index in [1.165, 1.54) is 18.3 Å². The van der Waals surface area contributed by atoms with Gasteiger partial charge in [-0.1, -0.05) is 11.6 Å². The number of esters is 1. The smallest absolute Gasteiger partial charge is 0.322 e. The quantitative estimate of drug-likeness (QED) is 0.637. The molecule has 0 atom stereocenters. The Morgan fingerprint density at radius 1 is 1.56 bits per heavy atom. The number of anilines is 1. The molecule has 0 aliphatic rings. The highest BCUT2D eigenvalue weighted by atomic mass is 35.5. The lowest BCUT2D eigenvalue weighted by atomic mass is 10.4.